The molecule has 0 saturated heterocycles. The topological polar surface area (TPSA) is 17.8 Å². The number of benzene rings is 1. The van der Waals surface area contributed by atoms with Gasteiger partial charge < -0.3 is 0 Å². The van der Waals surface area contributed by atoms with E-state index in [0.717, 1.165) is 12.1 Å². The first-order chi connectivity index (χ1) is 6.34. The Bertz CT molecular complexity index is 359. The standard InChI is InChI=1S/C11H11N2/c1-10-3-5-11(6-4-10)9-13-8-2-7-12-13/h2-8H,1,9H2. The van der Waals surface area contributed by atoms with Crippen LogP contribution in [0.15, 0.2) is 42.7 Å². The molecule has 0 N–H and O–H groups in total. The van der Waals surface area contributed by atoms with Gasteiger partial charge in [0.1, 0.15) is 0 Å². The molecule has 1 aromatic carbocycles. The molecule has 65 valence electrons. The van der Waals surface area contributed by atoms with Crippen molar-refractivity contribution in [3.63, 3.8) is 0 Å². The van der Waals surface area contributed by atoms with E-state index < -0.39 is 0 Å². The molecule has 0 amide bonds. The third kappa shape index (κ3) is 1.96. The molecule has 0 fully saturated rings. The Kier molecular flexibility index (Phi) is 2.13. The van der Waals surface area contributed by atoms with Crippen molar-refractivity contribution in [1.29, 1.82) is 0 Å². The number of rotatable bonds is 2. The van der Waals surface area contributed by atoms with Gasteiger partial charge in [0.2, 0.25) is 0 Å². The minimum absolute atomic E-state index is 0.827. The zero-order valence-electron chi connectivity index (χ0n) is 7.35. The Labute approximate surface area is 77.8 Å². The summed E-state index contributed by atoms with van der Waals surface area (Å²) in [5.41, 5.74) is 2.29. The fourth-order valence-electron chi connectivity index (χ4n) is 1.23. The lowest BCUT2D eigenvalue weighted by atomic mass is 10.1. The highest BCUT2D eigenvalue weighted by Crippen LogP contribution is 2.04. The van der Waals surface area contributed by atoms with Crippen molar-refractivity contribution in [2.24, 2.45) is 0 Å². The zero-order chi connectivity index (χ0) is 9.10. The zero-order valence-corrected chi connectivity index (χ0v) is 7.35. The van der Waals surface area contributed by atoms with Crippen LogP contribution in [0.1, 0.15) is 11.1 Å². The van der Waals surface area contributed by atoms with Crippen LogP contribution >= 0.6 is 0 Å². The molecule has 1 aromatic heterocycles. The molecule has 0 aliphatic carbocycles. The highest BCUT2D eigenvalue weighted by atomic mass is 15.3. The summed E-state index contributed by atoms with van der Waals surface area (Å²) in [5, 5.41) is 4.13. The molecule has 1 radical (unpaired) electrons. The summed E-state index contributed by atoms with van der Waals surface area (Å²) in [7, 11) is 0. The molecule has 0 unspecified atom stereocenters. The van der Waals surface area contributed by atoms with Gasteiger partial charge in [-0.1, -0.05) is 24.3 Å². The average Bonchev–Trinajstić information content (AvgIpc) is 2.62. The fourth-order valence-corrected chi connectivity index (χ4v) is 1.23. The summed E-state index contributed by atoms with van der Waals surface area (Å²) in [4.78, 5) is 0. The minimum atomic E-state index is 0.827. The van der Waals surface area contributed by atoms with Gasteiger partial charge in [0.15, 0.2) is 0 Å². The molecule has 0 atom stereocenters. The van der Waals surface area contributed by atoms with Crippen LogP contribution in [0.2, 0.25) is 0 Å². The van der Waals surface area contributed by atoms with Crippen LogP contribution in [0.25, 0.3) is 0 Å². The van der Waals surface area contributed by atoms with Gasteiger partial charge in [0.05, 0.1) is 6.54 Å². The van der Waals surface area contributed by atoms with Crippen molar-refractivity contribution < 1.29 is 0 Å². The lowest BCUT2D eigenvalue weighted by molar-refractivity contribution is 0.687. The Morgan fingerprint density at radius 3 is 2.62 bits per heavy atom. The van der Waals surface area contributed by atoms with E-state index in [4.69, 9.17) is 0 Å². The van der Waals surface area contributed by atoms with Gasteiger partial charge in [0, 0.05) is 12.4 Å². The van der Waals surface area contributed by atoms with Crippen molar-refractivity contribution in [2.45, 2.75) is 6.54 Å². The van der Waals surface area contributed by atoms with E-state index in [0.29, 0.717) is 0 Å². The largest absolute Gasteiger partial charge is 0.268 e. The monoisotopic (exact) mass is 171 g/mol. The van der Waals surface area contributed by atoms with Gasteiger partial charge in [-0.3, -0.25) is 4.68 Å². The third-order valence-electron chi connectivity index (χ3n) is 1.93. The highest BCUT2D eigenvalue weighted by Gasteiger charge is 1.93. The van der Waals surface area contributed by atoms with E-state index in [1.165, 1.54) is 5.56 Å². The smallest absolute Gasteiger partial charge is 0.0659 e. The normalized spacial score (nSPS) is 10.2. The summed E-state index contributed by atoms with van der Waals surface area (Å²) in [6.45, 7) is 4.66. The molecular weight excluding hydrogens is 160 g/mol. The van der Waals surface area contributed by atoms with E-state index in [1.54, 1.807) is 6.20 Å². The summed E-state index contributed by atoms with van der Waals surface area (Å²) >= 11 is 0. The number of hydrogen-bond acceptors (Lipinski definition) is 1. The maximum absolute atomic E-state index is 4.13. The number of aromatic nitrogens is 2. The van der Waals surface area contributed by atoms with Crippen molar-refractivity contribution in [3.05, 3.63) is 60.8 Å². The molecule has 2 heteroatoms. The Hall–Kier alpha value is -1.57. The predicted octanol–water partition coefficient (Wildman–Crippen LogP) is 2.11. The molecule has 2 aromatic rings. The Balaban J connectivity index is 2.15. The van der Waals surface area contributed by atoms with Gasteiger partial charge in [-0.15, -0.1) is 0 Å². The van der Waals surface area contributed by atoms with E-state index >= 15 is 0 Å². The van der Waals surface area contributed by atoms with Crippen molar-refractivity contribution >= 4 is 0 Å². The molecule has 0 aliphatic rings. The van der Waals surface area contributed by atoms with Crippen molar-refractivity contribution in [2.75, 3.05) is 0 Å². The maximum Gasteiger partial charge on any atom is 0.0659 e. The van der Waals surface area contributed by atoms with E-state index in [-0.39, 0.29) is 0 Å². The third-order valence-corrected chi connectivity index (χ3v) is 1.93. The quantitative estimate of drug-likeness (QED) is 0.676. The number of nitrogens with zero attached hydrogens (tertiary/aromatic N) is 2. The van der Waals surface area contributed by atoms with Crippen LogP contribution in [0, 0.1) is 6.92 Å². The van der Waals surface area contributed by atoms with Crippen LogP contribution in [-0.2, 0) is 6.54 Å². The first-order valence-electron chi connectivity index (χ1n) is 4.23. The molecule has 0 bridgehead atoms. The average molecular weight is 171 g/mol. The van der Waals surface area contributed by atoms with E-state index in [2.05, 4.69) is 24.2 Å². The highest BCUT2D eigenvalue weighted by molar-refractivity contribution is 5.24. The fraction of sp³-hybridized carbons (Fsp3) is 0.0909. The van der Waals surface area contributed by atoms with Crippen LogP contribution in [0.5, 0.6) is 0 Å². The second-order valence-electron chi connectivity index (χ2n) is 3.02. The summed E-state index contributed by atoms with van der Waals surface area (Å²) in [5.74, 6) is 0. The first kappa shape index (κ1) is 8.05. The molecule has 13 heavy (non-hydrogen) atoms. The summed E-state index contributed by atoms with van der Waals surface area (Å²) in [6.07, 6.45) is 3.74. The second-order valence-corrected chi connectivity index (χ2v) is 3.02. The van der Waals surface area contributed by atoms with Crippen molar-refractivity contribution in [1.82, 2.24) is 9.78 Å². The molecule has 0 aliphatic heterocycles. The minimum Gasteiger partial charge on any atom is -0.268 e. The van der Waals surface area contributed by atoms with Gasteiger partial charge in [-0.05, 0) is 24.1 Å². The van der Waals surface area contributed by atoms with Crippen LogP contribution < -0.4 is 0 Å². The van der Waals surface area contributed by atoms with Gasteiger partial charge in [-0.2, -0.15) is 5.10 Å². The lowest BCUT2D eigenvalue weighted by Crippen LogP contribution is -1.99. The van der Waals surface area contributed by atoms with Gasteiger partial charge in [0.25, 0.3) is 0 Å². The summed E-state index contributed by atoms with van der Waals surface area (Å²) < 4.78 is 1.90. The molecule has 0 spiro atoms. The molecular formula is C11H11N2. The molecule has 2 rings (SSSR count). The number of hydrogen-bond donors (Lipinski definition) is 0. The summed E-state index contributed by atoms with van der Waals surface area (Å²) in [6, 6.07) is 10.1. The van der Waals surface area contributed by atoms with Crippen LogP contribution in [0.4, 0.5) is 0 Å². The van der Waals surface area contributed by atoms with E-state index in [1.807, 2.05) is 29.1 Å². The maximum atomic E-state index is 4.13. The van der Waals surface area contributed by atoms with Gasteiger partial charge in [-0.25, -0.2) is 0 Å². The van der Waals surface area contributed by atoms with Crippen molar-refractivity contribution in [3.8, 4) is 0 Å². The van der Waals surface area contributed by atoms with Crippen LogP contribution in [0.3, 0.4) is 0 Å². The predicted molar refractivity (Wildman–Crippen MR) is 52.2 cm³/mol. The Morgan fingerprint density at radius 1 is 1.23 bits per heavy atom. The van der Waals surface area contributed by atoms with Gasteiger partial charge >= 0.3 is 0 Å². The molecule has 1 heterocycles. The Morgan fingerprint density at radius 2 is 2.00 bits per heavy atom. The lowest BCUT2D eigenvalue weighted by Gasteiger charge is -2.01. The van der Waals surface area contributed by atoms with E-state index in [9.17, 15) is 0 Å². The second kappa shape index (κ2) is 3.44. The first-order valence-corrected chi connectivity index (χ1v) is 4.23. The SMILES string of the molecule is [CH2]c1ccc(Cn2cccn2)cc1. The van der Waals surface area contributed by atoms with Crippen LogP contribution in [-0.4, -0.2) is 9.78 Å². The molecule has 0 saturated carbocycles. The molecule has 2 nitrogen and oxygen atoms in total.